The van der Waals surface area contributed by atoms with Crippen LogP contribution in [-0.2, 0) is 11.3 Å². The topological polar surface area (TPSA) is 62.5 Å². The van der Waals surface area contributed by atoms with E-state index in [1.54, 1.807) is 0 Å². The average Bonchev–Trinajstić information content (AvgIpc) is 3.34. The molecule has 1 aromatic carbocycles. The number of halogens is 1. The fourth-order valence-electron chi connectivity index (χ4n) is 3.79. The van der Waals surface area contributed by atoms with E-state index >= 15 is 0 Å². The molecule has 0 atom stereocenters. The molecule has 2 aliphatic heterocycles. The molecule has 2 aliphatic rings. The van der Waals surface area contributed by atoms with Gasteiger partial charge in [-0.3, -0.25) is 9.69 Å². The molecule has 0 aliphatic carbocycles. The Kier molecular flexibility index (Phi) is 5.22. The summed E-state index contributed by atoms with van der Waals surface area (Å²) in [7, 11) is 0. The van der Waals surface area contributed by atoms with E-state index in [-0.39, 0.29) is 5.92 Å². The number of hydrogen-bond donors (Lipinski definition) is 0. The highest BCUT2D eigenvalue weighted by Gasteiger charge is 2.30. The van der Waals surface area contributed by atoms with Crippen molar-refractivity contribution in [2.24, 2.45) is 5.92 Å². The zero-order chi connectivity index (χ0) is 17.9. The van der Waals surface area contributed by atoms with Gasteiger partial charge in [-0.1, -0.05) is 28.9 Å². The first-order chi connectivity index (χ1) is 12.7. The molecule has 0 unspecified atom stereocenters. The summed E-state index contributed by atoms with van der Waals surface area (Å²) in [4.78, 5) is 21.3. The van der Waals surface area contributed by atoms with Crippen LogP contribution < -0.4 is 0 Å². The van der Waals surface area contributed by atoms with Gasteiger partial charge in [0.05, 0.1) is 6.54 Å². The summed E-state index contributed by atoms with van der Waals surface area (Å²) in [5, 5.41) is 4.71. The van der Waals surface area contributed by atoms with Crippen molar-refractivity contribution in [1.82, 2.24) is 19.9 Å². The molecule has 4 rings (SSSR count). The minimum atomic E-state index is 0.175. The van der Waals surface area contributed by atoms with Crippen LogP contribution in [0, 0.1) is 5.92 Å². The quantitative estimate of drug-likeness (QED) is 0.822. The molecular formula is C19H23ClN4O2. The molecular weight excluding hydrogens is 352 g/mol. The van der Waals surface area contributed by atoms with Crippen LogP contribution in [0.15, 0.2) is 28.8 Å². The van der Waals surface area contributed by atoms with Gasteiger partial charge in [0, 0.05) is 29.6 Å². The third kappa shape index (κ3) is 3.91. The number of amides is 1. The van der Waals surface area contributed by atoms with Crippen molar-refractivity contribution in [1.29, 1.82) is 0 Å². The smallest absolute Gasteiger partial charge is 0.241 e. The molecule has 7 heteroatoms. The summed E-state index contributed by atoms with van der Waals surface area (Å²) in [5.41, 5.74) is 0.849. The van der Waals surface area contributed by atoms with Gasteiger partial charge in [0.2, 0.25) is 17.6 Å². The van der Waals surface area contributed by atoms with E-state index in [1.165, 1.54) is 0 Å². The summed E-state index contributed by atoms with van der Waals surface area (Å²) >= 11 is 6.02. The summed E-state index contributed by atoms with van der Waals surface area (Å²) in [6.45, 7) is 4.27. The predicted molar refractivity (Wildman–Crippen MR) is 98.6 cm³/mol. The Balaban J connectivity index is 1.31. The third-order valence-electron chi connectivity index (χ3n) is 5.26. The highest BCUT2D eigenvalue weighted by molar-refractivity contribution is 6.30. The van der Waals surface area contributed by atoms with Gasteiger partial charge in [0.25, 0.3) is 0 Å². The largest absolute Gasteiger partial charge is 0.342 e. The van der Waals surface area contributed by atoms with E-state index in [1.807, 2.05) is 29.2 Å². The first kappa shape index (κ1) is 17.5. The molecule has 0 radical (unpaired) electrons. The average molecular weight is 375 g/mol. The number of rotatable bonds is 4. The molecule has 2 fully saturated rings. The van der Waals surface area contributed by atoms with E-state index in [9.17, 15) is 4.79 Å². The van der Waals surface area contributed by atoms with Crippen molar-refractivity contribution in [3.63, 3.8) is 0 Å². The number of piperidine rings is 1. The summed E-state index contributed by atoms with van der Waals surface area (Å²) in [5.74, 6) is 1.68. The number of benzene rings is 1. The Morgan fingerprint density at radius 2 is 1.96 bits per heavy atom. The van der Waals surface area contributed by atoms with E-state index in [4.69, 9.17) is 16.1 Å². The van der Waals surface area contributed by atoms with Crippen LogP contribution in [0.5, 0.6) is 0 Å². The molecule has 0 N–H and O–H groups in total. The van der Waals surface area contributed by atoms with Crippen LogP contribution in [0.3, 0.4) is 0 Å². The van der Waals surface area contributed by atoms with Crippen LogP contribution in [0.2, 0.25) is 5.02 Å². The van der Waals surface area contributed by atoms with Gasteiger partial charge in [0.15, 0.2) is 0 Å². The lowest BCUT2D eigenvalue weighted by Crippen LogP contribution is -2.41. The van der Waals surface area contributed by atoms with Crippen molar-refractivity contribution in [2.75, 3.05) is 26.2 Å². The lowest BCUT2D eigenvalue weighted by Gasteiger charge is -2.32. The summed E-state index contributed by atoms with van der Waals surface area (Å²) < 4.78 is 5.40. The fourth-order valence-corrected chi connectivity index (χ4v) is 3.98. The van der Waals surface area contributed by atoms with Crippen LogP contribution in [0.1, 0.15) is 31.6 Å². The highest BCUT2D eigenvalue weighted by Crippen LogP contribution is 2.24. The molecule has 3 heterocycles. The first-order valence-corrected chi connectivity index (χ1v) is 9.66. The standard InChI is InChI=1S/C19H23ClN4O2/c20-16-5-3-4-15(12-16)18-21-17(26-22-18)13-23-10-6-14(7-11-23)19(25)24-8-1-2-9-24/h3-5,12,14H,1-2,6-11,13H2. The molecule has 1 aromatic heterocycles. The van der Waals surface area contributed by atoms with Crippen LogP contribution in [0.4, 0.5) is 0 Å². The Bertz CT molecular complexity index is 764. The van der Waals surface area contributed by atoms with Gasteiger partial charge >= 0.3 is 0 Å². The maximum Gasteiger partial charge on any atom is 0.241 e. The second-order valence-electron chi connectivity index (χ2n) is 7.10. The Labute approximate surface area is 158 Å². The van der Waals surface area contributed by atoms with Crippen molar-refractivity contribution in [3.05, 3.63) is 35.2 Å². The molecule has 2 aromatic rings. The molecule has 0 bridgehead atoms. The molecule has 138 valence electrons. The van der Waals surface area contributed by atoms with Gasteiger partial charge in [0.1, 0.15) is 0 Å². The molecule has 26 heavy (non-hydrogen) atoms. The minimum absolute atomic E-state index is 0.175. The number of aromatic nitrogens is 2. The van der Waals surface area contributed by atoms with E-state index in [0.717, 1.165) is 57.4 Å². The maximum absolute atomic E-state index is 12.5. The zero-order valence-corrected chi connectivity index (χ0v) is 15.5. The van der Waals surface area contributed by atoms with Gasteiger partial charge in [-0.05, 0) is 50.9 Å². The lowest BCUT2D eigenvalue weighted by atomic mass is 9.95. The lowest BCUT2D eigenvalue weighted by molar-refractivity contribution is -0.136. The van der Waals surface area contributed by atoms with Crippen molar-refractivity contribution in [3.8, 4) is 11.4 Å². The predicted octanol–water partition coefficient (Wildman–Crippen LogP) is 3.22. The van der Waals surface area contributed by atoms with Crippen LogP contribution in [0.25, 0.3) is 11.4 Å². The Morgan fingerprint density at radius 3 is 2.69 bits per heavy atom. The van der Waals surface area contributed by atoms with Crippen molar-refractivity contribution < 1.29 is 9.32 Å². The molecule has 1 amide bonds. The summed E-state index contributed by atoms with van der Waals surface area (Å²) in [6.07, 6.45) is 4.11. The van der Waals surface area contributed by atoms with E-state index < -0.39 is 0 Å². The second-order valence-corrected chi connectivity index (χ2v) is 7.54. The van der Waals surface area contributed by atoms with Crippen LogP contribution in [-0.4, -0.2) is 52.0 Å². The van der Waals surface area contributed by atoms with Gasteiger partial charge in [-0.2, -0.15) is 4.98 Å². The Morgan fingerprint density at radius 1 is 1.19 bits per heavy atom. The number of carbonyl (C=O) groups is 1. The molecule has 0 saturated carbocycles. The van der Waals surface area contributed by atoms with Crippen molar-refractivity contribution >= 4 is 17.5 Å². The number of carbonyl (C=O) groups excluding carboxylic acids is 1. The highest BCUT2D eigenvalue weighted by atomic mass is 35.5. The second kappa shape index (κ2) is 7.76. The van der Waals surface area contributed by atoms with E-state index in [0.29, 0.717) is 29.2 Å². The summed E-state index contributed by atoms with van der Waals surface area (Å²) in [6, 6.07) is 7.43. The molecule has 6 nitrogen and oxygen atoms in total. The maximum atomic E-state index is 12.5. The fraction of sp³-hybridized carbons (Fsp3) is 0.526. The SMILES string of the molecule is O=C(C1CCN(Cc2nc(-c3cccc(Cl)c3)no2)CC1)N1CCCC1. The van der Waals surface area contributed by atoms with Gasteiger partial charge in [-0.15, -0.1) is 0 Å². The normalized spacial score (nSPS) is 19.2. The van der Waals surface area contributed by atoms with Crippen molar-refractivity contribution in [2.45, 2.75) is 32.2 Å². The zero-order valence-electron chi connectivity index (χ0n) is 14.7. The van der Waals surface area contributed by atoms with Gasteiger partial charge in [-0.25, -0.2) is 0 Å². The molecule has 2 saturated heterocycles. The molecule has 0 spiro atoms. The monoisotopic (exact) mass is 374 g/mol. The Hall–Kier alpha value is -1.92. The minimum Gasteiger partial charge on any atom is -0.342 e. The number of likely N-dealkylation sites (tertiary alicyclic amines) is 2. The van der Waals surface area contributed by atoms with Crippen LogP contribution >= 0.6 is 11.6 Å². The number of nitrogens with zero attached hydrogens (tertiary/aromatic N) is 4. The third-order valence-corrected chi connectivity index (χ3v) is 5.50. The number of hydrogen-bond acceptors (Lipinski definition) is 5. The van der Waals surface area contributed by atoms with Gasteiger partial charge < -0.3 is 9.42 Å². The first-order valence-electron chi connectivity index (χ1n) is 9.29. The van der Waals surface area contributed by atoms with E-state index in [2.05, 4.69) is 15.0 Å².